The maximum Gasteiger partial charge on any atom is 0.437 e. The van der Waals surface area contributed by atoms with Crippen molar-refractivity contribution >= 4 is 11.8 Å². The summed E-state index contributed by atoms with van der Waals surface area (Å²) < 4.78 is 52.8. The molecule has 3 N–H and O–H groups in total. The summed E-state index contributed by atoms with van der Waals surface area (Å²) in [5.41, 5.74) is -3.80. The fraction of sp³-hybridized carbons (Fsp3) is 0.385. The van der Waals surface area contributed by atoms with Crippen LogP contribution in [-0.4, -0.2) is 28.8 Å². The van der Waals surface area contributed by atoms with Gasteiger partial charge in [-0.05, 0) is 24.6 Å². The van der Waals surface area contributed by atoms with Crippen molar-refractivity contribution in [1.29, 1.82) is 0 Å². The van der Waals surface area contributed by atoms with E-state index in [2.05, 4.69) is 5.32 Å². The Kier molecular flexibility index (Phi) is 3.86. The van der Waals surface area contributed by atoms with Crippen LogP contribution in [0.2, 0.25) is 0 Å². The minimum atomic E-state index is -5.29. The Morgan fingerprint density at radius 3 is 2.50 bits per heavy atom. The second-order valence-corrected chi connectivity index (χ2v) is 4.98. The van der Waals surface area contributed by atoms with E-state index in [4.69, 9.17) is 0 Å². The van der Waals surface area contributed by atoms with E-state index < -0.39 is 41.5 Å². The lowest BCUT2D eigenvalue weighted by molar-refractivity contribution is -0.290. The van der Waals surface area contributed by atoms with Gasteiger partial charge in [-0.25, -0.2) is 9.18 Å². The highest BCUT2D eigenvalue weighted by Crippen LogP contribution is 2.42. The van der Waals surface area contributed by atoms with Crippen molar-refractivity contribution in [3.63, 3.8) is 0 Å². The zero-order valence-corrected chi connectivity index (χ0v) is 11.2. The summed E-state index contributed by atoms with van der Waals surface area (Å²) in [7, 11) is 0. The molecule has 0 aromatic heterocycles. The molecule has 0 radical (unpaired) electrons. The maximum absolute atomic E-state index is 13.3. The summed E-state index contributed by atoms with van der Waals surface area (Å²) in [6.45, 7) is 0.854. The molecule has 1 aliphatic heterocycles. The number of carbonyl (C=O) groups is 2. The quantitative estimate of drug-likeness (QED) is 0.725. The predicted molar refractivity (Wildman–Crippen MR) is 66.0 cm³/mol. The second-order valence-electron chi connectivity index (χ2n) is 4.98. The van der Waals surface area contributed by atoms with E-state index in [1.54, 1.807) is 0 Å². The van der Waals surface area contributed by atoms with Crippen LogP contribution in [0, 0.1) is 11.7 Å². The van der Waals surface area contributed by atoms with Crippen LogP contribution < -0.4 is 10.6 Å². The van der Waals surface area contributed by atoms with Gasteiger partial charge in [0.2, 0.25) is 5.72 Å². The molecular weight excluding hydrogens is 308 g/mol. The molecule has 1 heterocycles. The maximum atomic E-state index is 13.3. The average Bonchev–Trinajstić information content (AvgIpc) is 2.35. The topological polar surface area (TPSA) is 78.4 Å². The fourth-order valence-corrected chi connectivity index (χ4v) is 2.50. The number of halogens is 4. The van der Waals surface area contributed by atoms with Crippen LogP contribution in [-0.2, 0) is 4.79 Å². The standard InChI is InChI=1S/C13H12F4N2O3/c1-6(20)9-10(7-3-2-4-8(14)5-7)18-11(21)19-12(9,22)13(15,16)17/h2-5,9-10,22H,1H3,(H2,18,19,21)/t9-,10+,12+/m0/s1. The molecule has 9 heteroatoms. The summed E-state index contributed by atoms with van der Waals surface area (Å²) in [6.07, 6.45) is -5.29. The van der Waals surface area contributed by atoms with Gasteiger partial charge in [0.25, 0.3) is 0 Å². The van der Waals surface area contributed by atoms with Gasteiger partial charge in [0, 0.05) is 0 Å². The number of hydrogen-bond donors (Lipinski definition) is 3. The Morgan fingerprint density at radius 2 is 2.00 bits per heavy atom. The summed E-state index contributed by atoms with van der Waals surface area (Å²) in [5, 5.41) is 13.4. The number of urea groups is 1. The van der Waals surface area contributed by atoms with Gasteiger partial charge in [-0.1, -0.05) is 12.1 Å². The zero-order chi connectivity index (χ0) is 16.7. The molecule has 1 saturated heterocycles. The number of hydrogen-bond acceptors (Lipinski definition) is 3. The van der Waals surface area contributed by atoms with Crippen LogP contribution in [0.3, 0.4) is 0 Å². The van der Waals surface area contributed by atoms with Crippen molar-refractivity contribution in [1.82, 2.24) is 10.6 Å². The summed E-state index contributed by atoms with van der Waals surface area (Å²) in [4.78, 5) is 23.2. The molecule has 0 aliphatic carbocycles. The largest absolute Gasteiger partial charge is 0.437 e. The zero-order valence-electron chi connectivity index (χ0n) is 11.2. The molecule has 1 aromatic rings. The third-order valence-electron chi connectivity index (χ3n) is 3.45. The molecule has 22 heavy (non-hydrogen) atoms. The van der Waals surface area contributed by atoms with Crippen LogP contribution in [0.5, 0.6) is 0 Å². The van der Waals surface area contributed by atoms with Gasteiger partial charge in [0.05, 0.1) is 12.0 Å². The van der Waals surface area contributed by atoms with Crippen molar-refractivity contribution in [2.75, 3.05) is 0 Å². The Morgan fingerprint density at radius 1 is 1.36 bits per heavy atom. The molecule has 0 unspecified atom stereocenters. The first-order chi connectivity index (χ1) is 10.1. The number of alkyl halides is 3. The Balaban J connectivity index is 2.57. The van der Waals surface area contributed by atoms with Crippen LogP contribution in [0.15, 0.2) is 24.3 Å². The van der Waals surface area contributed by atoms with Crippen molar-refractivity contribution in [2.24, 2.45) is 5.92 Å². The van der Waals surface area contributed by atoms with Gasteiger partial charge in [0.15, 0.2) is 0 Å². The van der Waals surface area contributed by atoms with E-state index in [9.17, 15) is 32.3 Å². The Bertz CT molecular complexity index is 620. The highest BCUT2D eigenvalue weighted by Gasteiger charge is 2.65. The Hall–Kier alpha value is -2.16. The molecule has 1 aromatic carbocycles. The first-order valence-corrected chi connectivity index (χ1v) is 6.20. The summed E-state index contributed by atoms with van der Waals surface area (Å²) >= 11 is 0. The van der Waals surface area contributed by atoms with Crippen LogP contribution in [0.25, 0.3) is 0 Å². The molecule has 0 bridgehead atoms. The van der Waals surface area contributed by atoms with Gasteiger partial charge in [0.1, 0.15) is 11.6 Å². The molecule has 1 fully saturated rings. The second kappa shape index (κ2) is 5.24. The average molecular weight is 320 g/mol. The molecule has 2 rings (SSSR count). The van der Waals surface area contributed by atoms with E-state index in [0.717, 1.165) is 19.1 Å². The molecule has 5 nitrogen and oxygen atoms in total. The fourth-order valence-electron chi connectivity index (χ4n) is 2.50. The monoisotopic (exact) mass is 320 g/mol. The lowest BCUT2D eigenvalue weighted by atomic mass is 9.79. The SMILES string of the molecule is CC(=O)[C@H]1[C@@H](c2cccc(F)c2)NC(=O)N[C@]1(O)C(F)(F)F. The molecule has 0 saturated carbocycles. The highest BCUT2D eigenvalue weighted by atomic mass is 19.4. The molecule has 2 amide bonds. The third-order valence-corrected chi connectivity index (χ3v) is 3.45. The summed E-state index contributed by atoms with van der Waals surface area (Å²) in [6, 6.07) is 1.60. The number of amides is 2. The van der Waals surface area contributed by atoms with Crippen molar-refractivity contribution in [2.45, 2.75) is 24.9 Å². The van der Waals surface area contributed by atoms with Gasteiger partial charge in [-0.3, -0.25) is 4.79 Å². The lowest BCUT2D eigenvalue weighted by Gasteiger charge is -2.44. The normalized spacial score (nSPS) is 28.7. The first-order valence-electron chi connectivity index (χ1n) is 6.20. The minimum Gasteiger partial charge on any atom is -0.363 e. The number of ketones is 1. The van der Waals surface area contributed by atoms with Crippen LogP contribution in [0.4, 0.5) is 22.4 Å². The van der Waals surface area contributed by atoms with Gasteiger partial charge >= 0.3 is 12.2 Å². The molecular formula is C13H12F4N2O3. The third kappa shape index (κ3) is 2.63. The van der Waals surface area contributed by atoms with Crippen molar-refractivity contribution in [3.05, 3.63) is 35.6 Å². The van der Waals surface area contributed by atoms with Gasteiger partial charge in [-0.15, -0.1) is 0 Å². The smallest absolute Gasteiger partial charge is 0.363 e. The van der Waals surface area contributed by atoms with Crippen molar-refractivity contribution in [3.8, 4) is 0 Å². The van der Waals surface area contributed by atoms with Crippen LogP contribution >= 0.6 is 0 Å². The number of rotatable bonds is 2. The molecule has 0 spiro atoms. The number of Topliss-reactive ketones (excluding diaryl/α,β-unsaturated/α-hetero) is 1. The van der Waals surface area contributed by atoms with E-state index in [1.165, 1.54) is 17.4 Å². The lowest BCUT2D eigenvalue weighted by Crippen LogP contribution is -2.72. The number of aliphatic hydroxyl groups is 1. The number of nitrogens with one attached hydrogen (secondary N) is 2. The molecule has 3 atom stereocenters. The van der Waals surface area contributed by atoms with Gasteiger partial charge < -0.3 is 15.7 Å². The highest BCUT2D eigenvalue weighted by molar-refractivity contribution is 5.86. The molecule has 1 aliphatic rings. The van der Waals surface area contributed by atoms with E-state index in [-0.39, 0.29) is 5.56 Å². The van der Waals surface area contributed by atoms with Crippen LogP contribution in [0.1, 0.15) is 18.5 Å². The first kappa shape index (κ1) is 16.2. The van der Waals surface area contributed by atoms with E-state index in [1.807, 2.05) is 0 Å². The number of carbonyl (C=O) groups excluding carboxylic acids is 2. The summed E-state index contributed by atoms with van der Waals surface area (Å²) in [5.74, 6) is -3.82. The van der Waals surface area contributed by atoms with Crippen molar-refractivity contribution < 1.29 is 32.3 Å². The number of benzene rings is 1. The van der Waals surface area contributed by atoms with Gasteiger partial charge in [-0.2, -0.15) is 13.2 Å². The molecule has 120 valence electrons. The predicted octanol–water partition coefficient (Wildman–Crippen LogP) is 1.64. The minimum absolute atomic E-state index is 0.0577. The van der Waals surface area contributed by atoms with E-state index >= 15 is 0 Å². The Labute approximate surface area is 122 Å². The van der Waals surface area contributed by atoms with E-state index in [0.29, 0.717) is 0 Å².